The minimum Gasteiger partial charge on any atom is -0.299 e. The minimum absolute atomic E-state index is 0.151. The normalized spacial score (nSPS) is 28.2. The Balaban J connectivity index is 1.84. The van der Waals surface area contributed by atoms with Gasteiger partial charge in [-0.2, -0.15) is 0 Å². The van der Waals surface area contributed by atoms with Crippen molar-refractivity contribution in [2.24, 2.45) is 5.92 Å². The van der Waals surface area contributed by atoms with Gasteiger partial charge < -0.3 is 0 Å². The highest BCUT2D eigenvalue weighted by Gasteiger charge is 2.44. The van der Waals surface area contributed by atoms with Crippen LogP contribution in [0.4, 0.5) is 4.39 Å². The molecule has 0 bridgehead atoms. The number of halogens is 1. The summed E-state index contributed by atoms with van der Waals surface area (Å²) in [6.45, 7) is 1.17. The predicted molar refractivity (Wildman–Crippen MR) is 82.8 cm³/mol. The van der Waals surface area contributed by atoms with Gasteiger partial charge in [0.15, 0.2) is 0 Å². The van der Waals surface area contributed by atoms with Gasteiger partial charge in [-0.05, 0) is 61.2 Å². The van der Waals surface area contributed by atoms with Crippen molar-refractivity contribution in [2.75, 3.05) is 13.6 Å². The lowest BCUT2D eigenvalue weighted by Gasteiger charge is -2.37. The summed E-state index contributed by atoms with van der Waals surface area (Å²) in [7, 11) is 2.24. The van der Waals surface area contributed by atoms with Crippen LogP contribution >= 0.6 is 0 Å². The number of likely N-dealkylation sites (tertiary alicyclic amines) is 1. The summed E-state index contributed by atoms with van der Waals surface area (Å²) >= 11 is 0. The summed E-state index contributed by atoms with van der Waals surface area (Å²) in [5, 5.41) is 0. The molecule has 1 fully saturated rings. The molecule has 0 saturated carbocycles. The van der Waals surface area contributed by atoms with Crippen LogP contribution in [0.2, 0.25) is 0 Å². The van der Waals surface area contributed by atoms with E-state index >= 15 is 0 Å². The number of hydrogen-bond acceptors (Lipinski definition) is 1. The molecule has 1 heterocycles. The summed E-state index contributed by atoms with van der Waals surface area (Å²) in [4.78, 5) is 2.50. The van der Waals surface area contributed by atoms with E-state index in [1.807, 2.05) is 12.1 Å². The first kappa shape index (κ1) is 13.0. The number of benzene rings is 2. The van der Waals surface area contributed by atoms with E-state index < -0.39 is 0 Å². The maximum atomic E-state index is 13.3. The van der Waals surface area contributed by atoms with Gasteiger partial charge in [-0.1, -0.05) is 36.4 Å². The fourth-order valence-electron chi connectivity index (χ4n) is 4.41. The quantitative estimate of drug-likeness (QED) is 0.751. The molecule has 0 radical (unpaired) electrons. The molecule has 0 amide bonds. The third kappa shape index (κ3) is 2.01. The number of rotatable bonds is 1. The second kappa shape index (κ2) is 4.96. The van der Waals surface area contributed by atoms with E-state index in [9.17, 15) is 4.39 Å². The average Bonchev–Trinajstić information content (AvgIpc) is 2.84. The summed E-state index contributed by atoms with van der Waals surface area (Å²) in [6, 6.07) is 16.5. The lowest BCUT2D eigenvalue weighted by molar-refractivity contribution is 0.127. The smallest absolute Gasteiger partial charge is 0.123 e. The third-order valence-corrected chi connectivity index (χ3v) is 5.24. The molecule has 1 saturated heterocycles. The van der Waals surface area contributed by atoms with Crippen LogP contribution in [0.25, 0.3) is 0 Å². The van der Waals surface area contributed by atoms with Crippen LogP contribution in [0.15, 0.2) is 48.5 Å². The van der Waals surface area contributed by atoms with Gasteiger partial charge in [0.2, 0.25) is 0 Å². The molecule has 2 heteroatoms. The van der Waals surface area contributed by atoms with Crippen LogP contribution in [0.1, 0.15) is 41.5 Å². The summed E-state index contributed by atoms with van der Waals surface area (Å²) in [5.41, 5.74) is 4.17. The zero-order valence-corrected chi connectivity index (χ0v) is 12.3. The SMILES string of the molecule is CN1CCCC2C(c3ccc(F)cc3)c3ccccc3C21. The summed E-state index contributed by atoms with van der Waals surface area (Å²) in [5.74, 6) is 0.878. The van der Waals surface area contributed by atoms with Crippen LogP contribution in [0, 0.1) is 11.7 Å². The molecule has 0 N–H and O–H groups in total. The van der Waals surface area contributed by atoms with Crippen LogP contribution in [-0.4, -0.2) is 18.5 Å². The Labute approximate surface area is 125 Å². The first-order chi connectivity index (χ1) is 10.3. The molecule has 0 spiro atoms. The van der Waals surface area contributed by atoms with E-state index in [2.05, 4.69) is 36.2 Å². The van der Waals surface area contributed by atoms with E-state index in [0.717, 1.165) is 0 Å². The molecular formula is C19H20FN. The molecule has 0 aromatic heterocycles. The van der Waals surface area contributed by atoms with Crippen molar-refractivity contribution in [3.05, 3.63) is 71.0 Å². The van der Waals surface area contributed by atoms with Gasteiger partial charge in [0.05, 0.1) is 0 Å². The van der Waals surface area contributed by atoms with E-state index in [4.69, 9.17) is 0 Å². The zero-order chi connectivity index (χ0) is 14.4. The predicted octanol–water partition coefficient (Wildman–Crippen LogP) is 4.35. The Hall–Kier alpha value is -1.67. The standard InChI is InChI=1S/C19H20FN/c1-21-12-4-7-17-18(13-8-10-14(20)11-9-13)15-5-2-3-6-16(15)19(17)21/h2-3,5-6,8-11,17-19H,4,7,12H2,1H3. The summed E-state index contributed by atoms with van der Waals surface area (Å²) < 4.78 is 13.3. The third-order valence-electron chi connectivity index (χ3n) is 5.24. The van der Waals surface area contributed by atoms with Gasteiger partial charge in [-0.25, -0.2) is 4.39 Å². The molecule has 1 nitrogen and oxygen atoms in total. The van der Waals surface area contributed by atoms with Gasteiger partial charge in [-0.15, -0.1) is 0 Å². The van der Waals surface area contributed by atoms with E-state index in [-0.39, 0.29) is 5.82 Å². The largest absolute Gasteiger partial charge is 0.299 e. The maximum absolute atomic E-state index is 13.3. The molecule has 21 heavy (non-hydrogen) atoms. The van der Waals surface area contributed by atoms with Crippen molar-refractivity contribution < 1.29 is 4.39 Å². The highest BCUT2D eigenvalue weighted by Crippen LogP contribution is 2.54. The Kier molecular flexibility index (Phi) is 3.07. The molecule has 1 aliphatic carbocycles. The number of piperidine rings is 1. The Bertz CT molecular complexity index is 649. The lowest BCUT2D eigenvalue weighted by atomic mass is 9.80. The van der Waals surface area contributed by atoms with E-state index in [1.165, 1.54) is 36.1 Å². The van der Waals surface area contributed by atoms with Crippen LogP contribution in [-0.2, 0) is 0 Å². The van der Waals surface area contributed by atoms with Crippen molar-refractivity contribution in [1.29, 1.82) is 0 Å². The zero-order valence-electron chi connectivity index (χ0n) is 12.3. The fraction of sp³-hybridized carbons (Fsp3) is 0.368. The Morgan fingerprint density at radius 3 is 2.48 bits per heavy atom. The average molecular weight is 281 g/mol. The van der Waals surface area contributed by atoms with Crippen molar-refractivity contribution in [1.82, 2.24) is 4.90 Å². The number of hydrogen-bond donors (Lipinski definition) is 0. The van der Waals surface area contributed by atoms with Gasteiger partial charge in [0.1, 0.15) is 5.82 Å². The molecule has 3 atom stereocenters. The van der Waals surface area contributed by atoms with Gasteiger partial charge in [0, 0.05) is 12.0 Å². The van der Waals surface area contributed by atoms with Crippen LogP contribution < -0.4 is 0 Å². The highest BCUT2D eigenvalue weighted by molar-refractivity contribution is 5.46. The topological polar surface area (TPSA) is 3.24 Å². The van der Waals surface area contributed by atoms with Crippen LogP contribution in [0.5, 0.6) is 0 Å². The molecule has 4 rings (SSSR count). The number of fused-ring (bicyclic) bond motifs is 3. The van der Waals surface area contributed by atoms with E-state index in [1.54, 1.807) is 12.1 Å². The molecular weight excluding hydrogens is 261 g/mol. The monoisotopic (exact) mass is 281 g/mol. The van der Waals surface area contributed by atoms with Crippen LogP contribution in [0.3, 0.4) is 0 Å². The molecule has 3 unspecified atom stereocenters. The van der Waals surface area contributed by atoms with Crippen molar-refractivity contribution in [2.45, 2.75) is 24.8 Å². The second-order valence-corrected chi connectivity index (χ2v) is 6.39. The van der Waals surface area contributed by atoms with Crippen molar-refractivity contribution >= 4 is 0 Å². The van der Waals surface area contributed by atoms with Gasteiger partial charge >= 0.3 is 0 Å². The molecule has 2 aromatic rings. The molecule has 2 aromatic carbocycles. The fourth-order valence-corrected chi connectivity index (χ4v) is 4.41. The Morgan fingerprint density at radius 1 is 1.00 bits per heavy atom. The lowest BCUT2D eigenvalue weighted by Crippen LogP contribution is -2.34. The highest BCUT2D eigenvalue weighted by atomic mass is 19.1. The van der Waals surface area contributed by atoms with E-state index in [0.29, 0.717) is 17.9 Å². The second-order valence-electron chi connectivity index (χ2n) is 6.39. The van der Waals surface area contributed by atoms with Gasteiger partial charge in [0.25, 0.3) is 0 Å². The van der Waals surface area contributed by atoms with Gasteiger partial charge in [-0.3, -0.25) is 4.90 Å². The molecule has 108 valence electrons. The molecule has 1 aliphatic heterocycles. The minimum atomic E-state index is -0.151. The first-order valence-corrected chi connectivity index (χ1v) is 7.80. The first-order valence-electron chi connectivity index (χ1n) is 7.80. The molecule has 2 aliphatic rings. The van der Waals surface area contributed by atoms with Crippen molar-refractivity contribution in [3.63, 3.8) is 0 Å². The Morgan fingerprint density at radius 2 is 1.71 bits per heavy atom. The summed E-state index contributed by atoms with van der Waals surface area (Å²) in [6.07, 6.45) is 2.51. The number of nitrogens with zero attached hydrogens (tertiary/aromatic N) is 1. The van der Waals surface area contributed by atoms with Crippen molar-refractivity contribution in [3.8, 4) is 0 Å². The maximum Gasteiger partial charge on any atom is 0.123 e.